The van der Waals surface area contributed by atoms with Gasteiger partial charge < -0.3 is 39.9 Å². The zero-order valence-corrected chi connectivity index (χ0v) is 31.9. The SMILES string of the molecule is C=C([C@@H](NC(=O)OC)C(C)C)N1CCC[C@H]1c1ncc(C#Cc2ccc(-c3ccc4nc([C@@H]5CCCN5C(=O)[C@@H](NC(=O)OC)C(C)C)[nH]c4c3)cc2)[nH]1. The molecule has 0 radical (unpaired) electrons. The van der Waals surface area contributed by atoms with Crippen molar-refractivity contribution in [1.29, 1.82) is 0 Å². The average Bonchev–Trinajstić information content (AvgIpc) is 4.00. The van der Waals surface area contributed by atoms with Crippen LogP contribution < -0.4 is 10.6 Å². The van der Waals surface area contributed by atoms with Gasteiger partial charge in [-0.1, -0.05) is 58.4 Å². The van der Waals surface area contributed by atoms with Crippen LogP contribution in [0.3, 0.4) is 0 Å². The molecule has 4 heterocycles. The van der Waals surface area contributed by atoms with Gasteiger partial charge in [-0.15, -0.1) is 0 Å². The van der Waals surface area contributed by atoms with Gasteiger partial charge in [-0.2, -0.15) is 0 Å². The van der Waals surface area contributed by atoms with Crippen LogP contribution in [-0.4, -0.2) is 87.2 Å². The van der Waals surface area contributed by atoms with E-state index < -0.39 is 18.2 Å². The zero-order chi connectivity index (χ0) is 38.5. The third-order valence-electron chi connectivity index (χ3n) is 10.3. The number of nitrogens with zero attached hydrogens (tertiary/aromatic N) is 4. The molecule has 3 amide bonds. The number of rotatable bonds is 10. The van der Waals surface area contributed by atoms with Crippen molar-refractivity contribution in [3.63, 3.8) is 0 Å². The molecule has 13 nitrogen and oxygen atoms in total. The van der Waals surface area contributed by atoms with Crippen molar-refractivity contribution in [2.24, 2.45) is 11.8 Å². The van der Waals surface area contributed by atoms with E-state index in [1.807, 2.05) is 69.0 Å². The first-order valence-corrected chi connectivity index (χ1v) is 18.6. The maximum absolute atomic E-state index is 13.6. The maximum atomic E-state index is 13.6. The quantitative estimate of drug-likeness (QED) is 0.136. The van der Waals surface area contributed by atoms with E-state index in [1.54, 1.807) is 6.20 Å². The molecule has 0 unspecified atom stereocenters. The van der Waals surface area contributed by atoms with E-state index in [2.05, 4.69) is 55.0 Å². The Morgan fingerprint density at radius 3 is 2.07 bits per heavy atom. The predicted molar refractivity (Wildman–Crippen MR) is 206 cm³/mol. The molecule has 2 aromatic carbocycles. The summed E-state index contributed by atoms with van der Waals surface area (Å²) in [5.74, 6) is 7.94. The van der Waals surface area contributed by atoms with E-state index in [0.717, 1.165) is 83.0 Å². The molecule has 0 spiro atoms. The first-order valence-electron chi connectivity index (χ1n) is 18.6. The first-order chi connectivity index (χ1) is 26.0. The molecule has 54 heavy (non-hydrogen) atoms. The summed E-state index contributed by atoms with van der Waals surface area (Å²) in [6.45, 7) is 13.7. The van der Waals surface area contributed by atoms with E-state index >= 15 is 0 Å². The standard InChI is InChI=1S/C41H50N8O5/c1-24(2)35(46-40(51)53-6)26(5)48-20-8-10-33(48)37-42-23-30(43-37)18-14-27-12-15-28(16-13-27)29-17-19-31-32(22-29)45-38(44-31)34-11-9-21-49(34)39(50)36(25(3)4)47-41(52)54-7/h12-13,15-17,19,22-25,33-36H,5,8-11,20-21H2,1-4,6-7H3,(H,42,43)(H,44,45)(H,46,51)(H,47,52)/t33-,34-,35-,36-/m0/s1. The second kappa shape index (κ2) is 16.5. The Morgan fingerprint density at radius 1 is 0.815 bits per heavy atom. The minimum absolute atomic E-state index is 0.0171. The summed E-state index contributed by atoms with van der Waals surface area (Å²) < 4.78 is 9.61. The maximum Gasteiger partial charge on any atom is 0.407 e. The first kappa shape index (κ1) is 38.0. The number of carbonyl (C=O) groups is 3. The summed E-state index contributed by atoms with van der Waals surface area (Å²) in [5.41, 5.74) is 6.22. The van der Waals surface area contributed by atoms with Gasteiger partial charge in [0.25, 0.3) is 0 Å². The van der Waals surface area contributed by atoms with Crippen molar-refractivity contribution < 1.29 is 23.9 Å². The summed E-state index contributed by atoms with van der Waals surface area (Å²) in [4.78, 5) is 58.0. The van der Waals surface area contributed by atoms with Crippen LogP contribution in [0.25, 0.3) is 22.2 Å². The number of methoxy groups -OCH3 is 2. The molecule has 0 bridgehead atoms. The van der Waals surface area contributed by atoms with Gasteiger partial charge in [0, 0.05) is 24.4 Å². The fourth-order valence-corrected chi connectivity index (χ4v) is 7.41. The lowest BCUT2D eigenvalue weighted by molar-refractivity contribution is -0.135. The number of nitrogens with one attached hydrogen (secondary N) is 4. The van der Waals surface area contributed by atoms with Gasteiger partial charge in [-0.25, -0.2) is 19.6 Å². The van der Waals surface area contributed by atoms with Crippen LogP contribution in [0.1, 0.15) is 88.4 Å². The summed E-state index contributed by atoms with van der Waals surface area (Å²) >= 11 is 0. The van der Waals surface area contributed by atoms with Gasteiger partial charge >= 0.3 is 12.2 Å². The van der Waals surface area contributed by atoms with Crippen LogP contribution in [0.4, 0.5) is 9.59 Å². The van der Waals surface area contributed by atoms with Crippen LogP contribution in [0, 0.1) is 23.7 Å². The Bertz CT molecular complexity index is 2060. The van der Waals surface area contributed by atoms with Crippen molar-refractivity contribution >= 4 is 29.1 Å². The monoisotopic (exact) mass is 734 g/mol. The van der Waals surface area contributed by atoms with Crippen molar-refractivity contribution in [2.45, 2.75) is 77.5 Å². The second-order valence-electron chi connectivity index (χ2n) is 14.6. The number of alkyl carbamates (subject to hydrolysis) is 2. The van der Waals surface area contributed by atoms with Crippen LogP contribution >= 0.6 is 0 Å². The molecule has 2 saturated heterocycles. The van der Waals surface area contributed by atoms with Crippen LogP contribution in [0.15, 0.2) is 60.9 Å². The number of hydrogen-bond acceptors (Lipinski definition) is 8. The molecule has 4 atom stereocenters. The number of amides is 3. The van der Waals surface area contributed by atoms with Crippen molar-refractivity contribution in [2.75, 3.05) is 27.3 Å². The predicted octanol–water partition coefficient (Wildman–Crippen LogP) is 6.43. The van der Waals surface area contributed by atoms with E-state index in [0.29, 0.717) is 6.54 Å². The van der Waals surface area contributed by atoms with Crippen molar-refractivity contribution in [1.82, 2.24) is 40.4 Å². The fourth-order valence-electron chi connectivity index (χ4n) is 7.41. The lowest BCUT2D eigenvalue weighted by atomic mass is 10.00. The minimum atomic E-state index is -0.686. The average molecular weight is 735 g/mol. The zero-order valence-electron chi connectivity index (χ0n) is 31.9. The highest BCUT2D eigenvalue weighted by atomic mass is 16.5. The van der Waals surface area contributed by atoms with E-state index in [1.165, 1.54) is 14.2 Å². The van der Waals surface area contributed by atoms with Crippen molar-refractivity contribution in [3.05, 3.63) is 83.8 Å². The lowest BCUT2D eigenvalue weighted by Crippen LogP contribution is -2.51. The Labute approximate surface area is 316 Å². The van der Waals surface area contributed by atoms with Crippen LogP contribution in [0.2, 0.25) is 0 Å². The molecule has 2 aromatic heterocycles. The number of hydrogen-bond donors (Lipinski definition) is 4. The molecular weight excluding hydrogens is 685 g/mol. The molecule has 0 saturated carbocycles. The van der Waals surface area contributed by atoms with E-state index in [4.69, 9.17) is 14.5 Å². The molecule has 6 rings (SSSR count). The number of imidazole rings is 2. The number of aromatic amines is 2. The lowest BCUT2D eigenvalue weighted by Gasteiger charge is -2.34. The number of likely N-dealkylation sites (tertiary alicyclic amines) is 2. The molecule has 13 heteroatoms. The van der Waals surface area contributed by atoms with Crippen LogP contribution in [0.5, 0.6) is 0 Å². The highest BCUT2D eigenvalue weighted by Crippen LogP contribution is 2.36. The Kier molecular flexibility index (Phi) is 11.6. The van der Waals surface area contributed by atoms with Crippen LogP contribution in [-0.2, 0) is 14.3 Å². The normalized spacial score (nSPS) is 18.0. The number of fused-ring (bicyclic) bond motifs is 1. The van der Waals surface area contributed by atoms with Crippen molar-refractivity contribution in [3.8, 4) is 23.0 Å². The third kappa shape index (κ3) is 8.23. The van der Waals surface area contributed by atoms with Gasteiger partial charge in [0.05, 0.1) is 49.6 Å². The molecular formula is C41H50N8O5. The van der Waals surface area contributed by atoms with Gasteiger partial charge in [0.2, 0.25) is 5.91 Å². The number of aromatic nitrogens is 4. The number of H-pyrrole nitrogens is 2. The second-order valence-corrected chi connectivity index (χ2v) is 14.6. The number of benzene rings is 2. The Balaban J connectivity index is 1.12. The Hall–Kier alpha value is -5.77. The highest BCUT2D eigenvalue weighted by molar-refractivity contribution is 5.87. The minimum Gasteiger partial charge on any atom is -0.453 e. The summed E-state index contributed by atoms with van der Waals surface area (Å²) in [6.07, 6.45) is 4.22. The van der Waals surface area contributed by atoms with Gasteiger partial charge in [0.15, 0.2) is 0 Å². The van der Waals surface area contributed by atoms with Gasteiger partial charge in [-0.05, 0) is 78.8 Å². The fraction of sp³-hybridized carbons (Fsp3) is 0.439. The summed E-state index contributed by atoms with van der Waals surface area (Å²) in [6, 6.07) is 13.1. The molecule has 2 aliphatic heterocycles. The number of ether oxygens (including phenoxy) is 2. The van der Waals surface area contributed by atoms with Gasteiger partial charge in [0.1, 0.15) is 23.4 Å². The smallest absolute Gasteiger partial charge is 0.407 e. The molecule has 2 aliphatic rings. The summed E-state index contributed by atoms with van der Waals surface area (Å²) in [7, 11) is 2.65. The molecule has 2 fully saturated rings. The third-order valence-corrected chi connectivity index (χ3v) is 10.3. The largest absolute Gasteiger partial charge is 0.453 e. The highest BCUT2D eigenvalue weighted by Gasteiger charge is 2.38. The molecule has 284 valence electrons. The topological polar surface area (TPSA) is 158 Å². The molecule has 4 aromatic rings. The Morgan fingerprint density at radius 2 is 1.43 bits per heavy atom. The molecule has 4 N–H and O–H groups in total. The summed E-state index contributed by atoms with van der Waals surface area (Å²) in [5, 5.41) is 5.63. The van der Waals surface area contributed by atoms with E-state index in [-0.39, 0.29) is 35.9 Å². The number of carbonyl (C=O) groups excluding carboxylic acids is 3. The molecule has 0 aliphatic carbocycles. The van der Waals surface area contributed by atoms with Gasteiger partial charge in [-0.3, -0.25) is 4.79 Å². The van der Waals surface area contributed by atoms with E-state index in [9.17, 15) is 14.4 Å².